The van der Waals surface area contributed by atoms with Gasteiger partial charge in [0.2, 0.25) is 0 Å². The lowest BCUT2D eigenvalue weighted by Crippen LogP contribution is -2.16. The molecule has 2 rings (SSSR count). The summed E-state index contributed by atoms with van der Waals surface area (Å²) in [5, 5.41) is 3.30. The van der Waals surface area contributed by atoms with Crippen LogP contribution in [0.1, 0.15) is 18.2 Å². The van der Waals surface area contributed by atoms with Crippen LogP contribution in [0.25, 0.3) is 0 Å². The van der Waals surface area contributed by atoms with Gasteiger partial charge >= 0.3 is 0 Å². The number of nitrogens with zero attached hydrogens (tertiary/aromatic N) is 3. The largest absolute Gasteiger partial charge is 0.333 e. The molecule has 0 aliphatic carbocycles. The van der Waals surface area contributed by atoms with Crippen LogP contribution in [0, 0.1) is 0 Å². The van der Waals surface area contributed by atoms with E-state index in [9.17, 15) is 0 Å². The molecule has 0 aromatic carbocycles. The lowest BCUT2D eigenvalue weighted by molar-refractivity contribution is 0.708. The first-order valence-electron chi connectivity index (χ1n) is 5.98. The Morgan fingerprint density at radius 1 is 1.29 bits per heavy atom. The summed E-state index contributed by atoms with van der Waals surface area (Å²) in [7, 11) is 0. The predicted octanol–water partition coefficient (Wildman–Crippen LogP) is 1.48. The Morgan fingerprint density at radius 3 is 2.88 bits per heavy atom. The highest BCUT2D eigenvalue weighted by atomic mass is 15.0. The van der Waals surface area contributed by atoms with Gasteiger partial charge in [0.1, 0.15) is 0 Å². The summed E-state index contributed by atoms with van der Waals surface area (Å²) in [6.07, 6.45) is 8.62. The Kier molecular flexibility index (Phi) is 4.27. The van der Waals surface area contributed by atoms with Crippen LogP contribution in [0.15, 0.2) is 37.1 Å². The fourth-order valence-electron chi connectivity index (χ4n) is 1.71. The summed E-state index contributed by atoms with van der Waals surface area (Å²) in [6, 6.07) is 4.05. The summed E-state index contributed by atoms with van der Waals surface area (Å²) in [5.41, 5.74) is 2.38. The monoisotopic (exact) mass is 230 g/mol. The van der Waals surface area contributed by atoms with Gasteiger partial charge in [-0.15, -0.1) is 0 Å². The Morgan fingerprint density at radius 2 is 2.12 bits per heavy atom. The average Bonchev–Trinajstić information content (AvgIpc) is 2.79. The van der Waals surface area contributed by atoms with Crippen molar-refractivity contribution in [2.75, 3.05) is 13.1 Å². The maximum absolute atomic E-state index is 4.39. The third-order valence-electron chi connectivity index (χ3n) is 2.61. The van der Waals surface area contributed by atoms with Crippen LogP contribution >= 0.6 is 0 Å². The topological polar surface area (TPSA) is 42.7 Å². The van der Waals surface area contributed by atoms with Crippen molar-refractivity contribution in [2.24, 2.45) is 0 Å². The number of likely N-dealkylation sites (N-methyl/N-ethyl adjacent to an activating group) is 1. The zero-order chi connectivity index (χ0) is 11.9. The van der Waals surface area contributed by atoms with Crippen LogP contribution in [0.4, 0.5) is 0 Å². The number of hydrogen-bond acceptors (Lipinski definition) is 3. The first-order chi connectivity index (χ1) is 8.38. The minimum atomic E-state index is 0.858. The molecule has 2 aromatic rings. The molecule has 17 heavy (non-hydrogen) atoms. The van der Waals surface area contributed by atoms with Gasteiger partial charge in [0.05, 0.1) is 12.0 Å². The van der Waals surface area contributed by atoms with Gasteiger partial charge in [0, 0.05) is 38.1 Å². The molecule has 0 aliphatic rings. The summed E-state index contributed by atoms with van der Waals surface area (Å²) >= 11 is 0. The highest BCUT2D eigenvalue weighted by Crippen LogP contribution is 2.03. The number of aromatic nitrogens is 3. The normalized spacial score (nSPS) is 10.6. The van der Waals surface area contributed by atoms with Crippen LogP contribution < -0.4 is 5.32 Å². The lowest BCUT2D eigenvalue weighted by atomic mass is 10.3. The third kappa shape index (κ3) is 3.67. The minimum Gasteiger partial charge on any atom is -0.333 e. The first-order valence-corrected chi connectivity index (χ1v) is 5.98. The number of hydrogen-bond donors (Lipinski definition) is 1. The van der Waals surface area contributed by atoms with E-state index in [1.54, 1.807) is 0 Å². The Labute approximate surface area is 102 Å². The average molecular weight is 230 g/mol. The van der Waals surface area contributed by atoms with Crippen molar-refractivity contribution in [3.63, 3.8) is 0 Å². The van der Waals surface area contributed by atoms with Crippen LogP contribution in [0.2, 0.25) is 0 Å². The molecule has 2 heterocycles. The van der Waals surface area contributed by atoms with Crippen molar-refractivity contribution in [3.05, 3.63) is 48.3 Å². The molecule has 0 bridgehead atoms. The van der Waals surface area contributed by atoms with Crippen molar-refractivity contribution < 1.29 is 0 Å². The molecule has 1 N–H and O–H groups in total. The molecule has 0 unspecified atom stereocenters. The molecule has 0 fully saturated rings. The smallest absolute Gasteiger partial charge is 0.0952 e. The fourth-order valence-corrected chi connectivity index (χ4v) is 1.71. The molecule has 0 saturated carbocycles. The van der Waals surface area contributed by atoms with Gasteiger partial charge in [0.15, 0.2) is 0 Å². The van der Waals surface area contributed by atoms with Crippen LogP contribution in [-0.4, -0.2) is 27.6 Å². The standard InChI is InChI=1S/C13H18N4/c1-2-14-8-5-13-10-17(11-16-13)9-12-3-6-15-7-4-12/h3-4,6-7,10-11,14H,2,5,8-9H2,1H3. The summed E-state index contributed by atoms with van der Waals surface area (Å²) in [6.45, 7) is 4.97. The van der Waals surface area contributed by atoms with E-state index in [0.717, 1.165) is 31.7 Å². The summed E-state index contributed by atoms with van der Waals surface area (Å²) in [4.78, 5) is 8.40. The second-order valence-corrected chi connectivity index (χ2v) is 4.00. The Bertz CT molecular complexity index is 436. The fraction of sp³-hybridized carbons (Fsp3) is 0.385. The van der Waals surface area contributed by atoms with Crippen molar-refractivity contribution in [2.45, 2.75) is 19.9 Å². The van der Waals surface area contributed by atoms with Gasteiger partial charge in [-0.2, -0.15) is 0 Å². The summed E-state index contributed by atoms with van der Waals surface area (Å²) in [5.74, 6) is 0. The molecule has 4 heteroatoms. The maximum Gasteiger partial charge on any atom is 0.0952 e. The number of pyridine rings is 1. The molecular formula is C13H18N4. The second kappa shape index (κ2) is 6.15. The number of imidazole rings is 1. The van der Waals surface area contributed by atoms with Crippen molar-refractivity contribution in [3.8, 4) is 0 Å². The third-order valence-corrected chi connectivity index (χ3v) is 2.61. The SMILES string of the molecule is CCNCCc1cn(Cc2ccncc2)cn1. The second-order valence-electron chi connectivity index (χ2n) is 4.00. The van der Waals surface area contributed by atoms with Crippen molar-refractivity contribution >= 4 is 0 Å². The minimum absolute atomic E-state index is 0.858. The highest BCUT2D eigenvalue weighted by Gasteiger charge is 1.99. The van der Waals surface area contributed by atoms with E-state index < -0.39 is 0 Å². The van der Waals surface area contributed by atoms with Crippen LogP contribution in [0.3, 0.4) is 0 Å². The van der Waals surface area contributed by atoms with Gasteiger partial charge in [-0.1, -0.05) is 6.92 Å². The molecule has 4 nitrogen and oxygen atoms in total. The zero-order valence-corrected chi connectivity index (χ0v) is 10.1. The van der Waals surface area contributed by atoms with E-state index in [-0.39, 0.29) is 0 Å². The Hall–Kier alpha value is -1.68. The molecule has 0 spiro atoms. The molecule has 90 valence electrons. The van der Waals surface area contributed by atoms with Gasteiger partial charge in [-0.25, -0.2) is 4.98 Å². The molecule has 0 aliphatic heterocycles. The molecule has 0 radical (unpaired) electrons. The maximum atomic E-state index is 4.39. The first kappa shape index (κ1) is 11.8. The molecular weight excluding hydrogens is 212 g/mol. The summed E-state index contributed by atoms with van der Waals surface area (Å²) < 4.78 is 2.11. The quantitative estimate of drug-likeness (QED) is 0.764. The number of rotatable bonds is 6. The van der Waals surface area contributed by atoms with Crippen LogP contribution in [0.5, 0.6) is 0 Å². The van der Waals surface area contributed by atoms with Crippen LogP contribution in [-0.2, 0) is 13.0 Å². The molecule has 2 aromatic heterocycles. The van der Waals surface area contributed by atoms with Gasteiger partial charge in [-0.3, -0.25) is 4.98 Å². The van der Waals surface area contributed by atoms with Gasteiger partial charge in [0.25, 0.3) is 0 Å². The van der Waals surface area contributed by atoms with Gasteiger partial charge in [-0.05, 0) is 24.2 Å². The van der Waals surface area contributed by atoms with Gasteiger partial charge < -0.3 is 9.88 Å². The van der Waals surface area contributed by atoms with E-state index in [2.05, 4.69) is 33.0 Å². The molecule has 0 atom stereocenters. The lowest BCUT2D eigenvalue weighted by Gasteiger charge is -2.01. The van der Waals surface area contributed by atoms with E-state index in [0.29, 0.717) is 0 Å². The van der Waals surface area contributed by atoms with E-state index in [4.69, 9.17) is 0 Å². The van der Waals surface area contributed by atoms with E-state index in [1.807, 2.05) is 30.9 Å². The highest BCUT2D eigenvalue weighted by molar-refractivity contribution is 5.11. The van der Waals surface area contributed by atoms with Crippen molar-refractivity contribution in [1.82, 2.24) is 19.9 Å². The predicted molar refractivity (Wildman–Crippen MR) is 67.8 cm³/mol. The van der Waals surface area contributed by atoms with E-state index in [1.165, 1.54) is 5.56 Å². The van der Waals surface area contributed by atoms with Crippen molar-refractivity contribution in [1.29, 1.82) is 0 Å². The Balaban J connectivity index is 1.90. The molecule has 0 amide bonds. The molecule has 0 saturated heterocycles. The van der Waals surface area contributed by atoms with E-state index >= 15 is 0 Å². The zero-order valence-electron chi connectivity index (χ0n) is 10.1. The number of nitrogens with one attached hydrogen (secondary N) is 1.